The maximum Gasteiger partial charge on any atom is 0.247 e. The van der Waals surface area contributed by atoms with Crippen molar-refractivity contribution < 1.29 is 12.8 Å². The fourth-order valence-electron chi connectivity index (χ4n) is 2.69. The second kappa shape index (κ2) is 8.24. The van der Waals surface area contributed by atoms with Crippen LogP contribution in [0.1, 0.15) is 37.8 Å². The Kier molecular flexibility index (Phi) is 5.96. The molecule has 2 aromatic carbocycles. The van der Waals surface area contributed by atoms with Gasteiger partial charge in [0.2, 0.25) is 21.8 Å². The van der Waals surface area contributed by atoms with Gasteiger partial charge in [-0.1, -0.05) is 63.2 Å². The smallest absolute Gasteiger partial charge is 0.247 e. The van der Waals surface area contributed by atoms with Crippen LogP contribution in [0.25, 0.3) is 11.5 Å². The summed E-state index contributed by atoms with van der Waals surface area (Å²) in [5.74, 6) is 0.604. The molecule has 0 atom stereocenters. The molecule has 0 saturated carbocycles. The quantitative estimate of drug-likeness (QED) is 0.655. The molecule has 0 saturated heterocycles. The standard InChI is InChI=1S/C21H25N3O3S/c1-21(2,3)18-11-9-16(10-12-18)13-14-28(25,26)22-15-19-23-24-20(27-19)17-7-5-4-6-8-17/h4-12,22H,13-15H2,1-3H3. The lowest BCUT2D eigenvalue weighted by Gasteiger charge is -2.19. The zero-order valence-electron chi connectivity index (χ0n) is 16.3. The van der Waals surface area contributed by atoms with Gasteiger partial charge in [0.25, 0.3) is 0 Å². The summed E-state index contributed by atoms with van der Waals surface area (Å²) in [5, 5.41) is 7.86. The third-order valence-electron chi connectivity index (χ3n) is 4.41. The summed E-state index contributed by atoms with van der Waals surface area (Å²) in [5.41, 5.74) is 3.09. The van der Waals surface area contributed by atoms with E-state index in [0.717, 1.165) is 11.1 Å². The molecule has 0 aliphatic carbocycles. The van der Waals surface area contributed by atoms with E-state index in [-0.39, 0.29) is 23.6 Å². The summed E-state index contributed by atoms with van der Waals surface area (Å²) < 4.78 is 32.6. The van der Waals surface area contributed by atoms with Crippen LogP contribution in [0, 0.1) is 0 Å². The highest BCUT2D eigenvalue weighted by atomic mass is 32.2. The Morgan fingerprint density at radius 1 is 0.964 bits per heavy atom. The Morgan fingerprint density at radius 3 is 2.29 bits per heavy atom. The summed E-state index contributed by atoms with van der Waals surface area (Å²) in [6.07, 6.45) is 0.443. The molecule has 0 aliphatic rings. The minimum Gasteiger partial charge on any atom is -0.419 e. The molecule has 7 heteroatoms. The highest BCUT2D eigenvalue weighted by molar-refractivity contribution is 7.89. The van der Waals surface area contributed by atoms with Crippen molar-refractivity contribution in [2.24, 2.45) is 0 Å². The van der Waals surface area contributed by atoms with Gasteiger partial charge < -0.3 is 4.42 Å². The van der Waals surface area contributed by atoms with E-state index in [0.29, 0.717) is 12.3 Å². The molecular weight excluding hydrogens is 374 g/mol. The van der Waals surface area contributed by atoms with Crippen LogP contribution in [0.4, 0.5) is 0 Å². The highest BCUT2D eigenvalue weighted by Crippen LogP contribution is 2.22. The normalized spacial score (nSPS) is 12.2. The molecule has 0 amide bonds. The maximum atomic E-state index is 12.3. The first-order valence-corrected chi connectivity index (χ1v) is 10.8. The van der Waals surface area contributed by atoms with Crippen LogP contribution < -0.4 is 4.72 Å². The molecular formula is C21H25N3O3S. The van der Waals surface area contributed by atoms with Crippen molar-refractivity contribution in [3.63, 3.8) is 0 Å². The van der Waals surface area contributed by atoms with Crippen molar-refractivity contribution in [3.05, 3.63) is 71.6 Å². The average molecular weight is 400 g/mol. The predicted molar refractivity (Wildman–Crippen MR) is 109 cm³/mol. The van der Waals surface area contributed by atoms with Crippen LogP contribution >= 0.6 is 0 Å². The lowest BCUT2D eigenvalue weighted by Crippen LogP contribution is -2.27. The predicted octanol–water partition coefficient (Wildman–Crippen LogP) is 3.70. The van der Waals surface area contributed by atoms with E-state index in [1.54, 1.807) is 0 Å². The van der Waals surface area contributed by atoms with Crippen LogP contribution in [0.5, 0.6) is 0 Å². The molecule has 148 valence electrons. The van der Waals surface area contributed by atoms with Crippen molar-refractivity contribution in [2.75, 3.05) is 5.75 Å². The number of aryl methyl sites for hydroxylation is 1. The monoisotopic (exact) mass is 399 g/mol. The lowest BCUT2D eigenvalue weighted by molar-refractivity contribution is 0.494. The first-order valence-electron chi connectivity index (χ1n) is 9.17. The van der Waals surface area contributed by atoms with Gasteiger partial charge in [0.05, 0.1) is 12.3 Å². The van der Waals surface area contributed by atoms with E-state index in [1.807, 2.05) is 42.5 Å². The molecule has 3 rings (SSSR count). The van der Waals surface area contributed by atoms with Gasteiger partial charge in [0, 0.05) is 5.56 Å². The number of hydrogen-bond acceptors (Lipinski definition) is 5. The molecule has 6 nitrogen and oxygen atoms in total. The second-order valence-corrected chi connectivity index (χ2v) is 9.63. The van der Waals surface area contributed by atoms with Crippen molar-refractivity contribution >= 4 is 10.0 Å². The molecule has 28 heavy (non-hydrogen) atoms. The number of benzene rings is 2. The molecule has 1 N–H and O–H groups in total. The Balaban J connectivity index is 1.54. The van der Waals surface area contributed by atoms with Gasteiger partial charge in [-0.2, -0.15) is 0 Å². The highest BCUT2D eigenvalue weighted by Gasteiger charge is 2.15. The van der Waals surface area contributed by atoms with E-state index in [4.69, 9.17) is 4.42 Å². The third kappa shape index (κ3) is 5.50. The van der Waals surface area contributed by atoms with Gasteiger partial charge in [0.1, 0.15) is 0 Å². The SMILES string of the molecule is CC(C)(C)c1ccc(CCS(=O)(=O)NCc2nnc(-c3ccccc3)o2)cc1. The molecule has 3 aromatic rings. The summed E-state index contributed by atoms with van der Waals surface area (Å²) >= 11 is 0. The van der Waals surface area contributed by atoms with E-state index < -0.39 is 10.0 Å². The number of sulfonamides is 1. The molecule has 0 aliphatic heterocycles. The molecule has 0 bridgehead atoms. The third-order valence-corrected chi connectivity index (χ3v) is 5.74. The number of rotatable bonds is 7. The van der Waals surface area contributed by atoms with Crippen LogP contribution in [0.15, 0.2) is 59.0 Å². The van der Waals surface area contributed by atoms with E-state index in [2.05, 4.69) is 47.8 Å². The fraction of sp³-hybridized carbons (Fsp3) is 0.333. The lowest BCUT2D eigenvalue weighted by atomic mass is 9.86. The number of nitrogens with one attached hydrogen (secondary N) is 1. The number of aromatic nitrogens is 2. The van der Waals surface area contributed by atoms with Crippen LogP contribution in [0.2, 0.25) is 0 Å². The summed E-state index contributed by atoms with van der Waals surface area (Å²) in [4.78, 5) is 0. The van der Waals surface area contributed by atoms with Crippen LogP contribution in [-0.2, 0) is 28.4 Å². The minimum atomic E-state index is -3.45. The molecule has 0 unspecified atom stereocenters. The molecule has 0 radical (unpaired) electrons. The summed E-state index contributed by atoms with van der Waals surface area (Å²) in [7, 11) is -3.45. The van der Waals surface area contributed by atoms with Gasteiger partial charge in [-0.05, 0) is 35.1 Å². The molecule has 1 aromatic heterocycles. The Hall–Kier alpha value is -2.51. The summed E-state index contributed by atoms with van der Waals surface area (Å²) in [6.45, 7) is 6.43. The van der Waals surface area contributed by atoms with Crippen molar-refractivity contribution in [3.8, 4) is 11.5 Å². The molecule has 0 spiro atoms. The van der Waals surface area contributed by atoms with Gasteiger partial charge in [0.15, 0.2) is 0 Å². The first-order chi connectivity index (χ1) is 13.2. The summed E-state index contributed by atoms with van der Waals surface area (Å²) in [6, 6.07) is 17.4. The van der Waals surface area contributed by atoms with Crippen molar-refractivity contribution in [1.82, 2.24) is 14.9 Å². The maximum absolute atomic E-state index is 12.3. The van der Waals surface area contributed by atoms with E-state index >= 15 is 0 Å². The van der Waals surface area contributed by atoms with Gasteiger partial charge in [-0.25, -0.2) is 13.1 Å². The van der Waals surface area contributed by atoms with Crippen LogP contribution in [-0.4, -0.2) is 24.4 Å². The topological polar surface area (TPSA) is 85.1 Å². The fourth-order valence-corrected chi connectivity index (χ4v) is 3.68. The zero-order chi connectivity index (χ0) is 20.2. The van der Waals surface area contributed by atoms with E-state index in [9.17, 15) is 8.42 Å². The first kappa shape index (κ1) is 20.2. The zero-order valence-corrected chi connectivity index (χ0v) is 17.2. The largest absolute Gasteiger partial charge is 0.419 e. The Labute approximate surface area is 166 Å². The van der Waals surface area contributed by atoms with E-state index in [1.165, 1.54) is 5.56 Å². The number of hydrogen-bond donors (Lipinski definition) is 1. The minimum absolute atomic E-state index is 0.00153. The Morgan fingerprint density at radius 2 is 1.64 bits per heavy atom. The molecule has 1 heterocycles. The van der Waals surface area contributed by atoms with Gasteiger partial charge in [-0.3, -0.25) is 0 Å². The second-order valence-electron chi connectivity index (χ2n) is 7.70. The average Bonchev–Trinajstić information content (AvgIpc) is 3.15. The van der Waals surface area contributed by atoms with Crippen molar-refractivity contribution in [1.29, 1.82) is 0 Å². The molecule has 0 fully saturated rings. The van der Waals surface area contributed by atoms with Gasteiger partial charge >= 0.3 is 0 Å². The van der Waals surface area contributed by atoms with Crippen molar-refractivity contribution in [2.45, 2.75) is 39.2 Å². The van der Waals surface area contributed by atoms with Crippen LogP contribution in [0.3, 0.4) is 0 Å². The van der Waals surface area contributed by atoms with Gasteiger partial charge in [-0.15, -0.1) is 10.2 Å². The number of nitrogens with zero attached hydrogens (tertiary/aromatic N) is 2. The Bertz CT molecular complexity index is 1010.